The quantitative estimate of drug-likeness (QED) is 0.868. The van der Waals surface area contributed by atoms with Crippen LogP contribution in [0.1, 0.15) is 43.5 Å². The summed E-state index contributed by atoms with van der Waals surface area (Å²) in [6.45, 7) is 8.85. The van der Waals surface area contributed by atoms with E-state index in [0.29, 0.717) is 0 Å². The second kappa shape index (κ2) is 5.24. The minimum Gasteiger partial charge on any atom is -0.323 e. The maximum atomic E-state index is 6.20. The molecule has 1 aromatic carbocycles. The van der Waals surface area contributed by atoms with E-state index in [1.807, 2.05) is 0 Å². The third-order valence-corrected chi connectivity index (χ3v) is 3.58. The lowest BCUT2D eigenvalue weighted by Crippen LogP contribution is -2.17. The minimum absolute atomic E-state index is 0.150. The van der Waals surface area contributed by atoms with Crippen molar-refractivity contribution in [2.24, 2.45) is 5.73 Å². The van der Waals surface area contributed by atoms with Crippen LogP contribution in [0, 0.1) is 6.92 Å². The summed E-state index contributed by atoms with van der Waals surface area (Å²) < 4.78 is 0. The van der Waals surface area contributed by atoms with Crippen molar-refractivity contribution in [3.8, 4) is 0 Å². The minimum atomic E-state index is 0.150. The van der Waals surface area contributed by atoms with Gasteiger partial charge in [0, 0.05) is 11.8 Å². The van der Waals surface area contributed by atoms with E-state index < -0.39 is 0 Å². The monoisotopic (exact) mass is 237 g/mol. The van der Waals surface area contributed by atoms with Gasteiger partial charge in [-0.3, -0.25) is 0 Å². The predicted octanol–water partition coefficient (Wildman–Crippen LogP) is 3.66. The standard InChI is InChI=1S/C14H23NS/c1-10-6-7-11(14(2,3)4)8-12(10)13(15)9-16-5/h6-8,13H,9,15H2,1-5H3. The molecule has 0 aliphatic heterocycles. The maximum absolute atomic E-state index is 6.20. The lowest BCUT2D eigenvalue weighted by atomic mass is 9.84. The molecule has 0 bridgehead atoms. The zero-order chi connectivity index (χ0) is 12.3. The fraction of sp³-hybridized carbons (Fsp3) is 0.571. The molecule has 2 N–H and O–H groups in total. The first kappa shape index (κ1) is 13.6. The number of rotatable bonds is 3. The average Bonchev–Trinajstić information content (AvgIpc) is 2.16. The van der Waals surface area contributed by atoms with Crippen molar-refractivity contribution in [2.75, 3.05) is 12.0 Å². The summed E-state index contributed by atoms with van der Waals surface area (Å²) in [5.74, 6) is 0.981. The molecule has 0 aliphatic rings. The lowest BCUT2D eigenvalue weighted by molar-refractivity contribution is 0.588. The molecule has 2 heteroatoms. The normalized spacial score (nSPS) is 13.9. The second-order valence-electron chi connectivity index (χ2n) is 5.38. The smallest absolute Gasteiger partial charge is 0.0389 e. The summed E-state index contributed by atoms with van der Waals surface area (Å²) in [6, 6.07) is 6.83. The molecular formula is C14H23NS. The zero-order valence-corrected chi connectivity index (χ0v) is 11.8. The highest BCUT2D eigenvalue weighted by Crippen LogP contribution is 2.27. The molecule has 1 aromatic rings. The van der Waals surface area contributed by atoms with Crippen molar-refractivity contribution >= 4 is 11.8 Å². The molecule has 1 nitrogen and oxygen atoms in total. The van der Waals surface area contributed by atoms with E-state index in [9.17, 15) is 0 Å². The summed E-state index contributed by atoms with van der Waals surface area (Å²) in [4.78, 5) is 0. The largest absolute Gasteiger partial charge is 0.323 e. The van der Waals surface area contributed by atoms with Crippen LogP contribution in [-0.2, 0) is 5.41 Å². The fourth-order valence-electron chi connectivity index (χ4n) is 1.78. The van der Waals surface area contributed by atoms with Gasteiger partial charge in [0.25, 0.3) is 0 Å². The van der Waals surface area contributed by atoms with Gasteiger partial charge in [-0.25, -0.2) is 0 Å². The van der Waals surface area contributed by atoms with Gasteiger partial charge in [0.1, 0.15) is 0 Å². The molecule has 0 spiro atoms. The summed E-state index contributed by atoms with van der Waals surface area (Å²) >= 11 is 1.80. The van der Waals surface area contributed by atoms with Crippen LogP contribution < -0.4 is 5.73 Å². The van der Waals surface area contributed by atoms with Crippen molar-refractivity contribution in [3.05, 3.63) is 34.9 Å². The molecule has 0 saturated heterocycles. The summed E-state index contributed by atoms with van der Waals surface area (Å²) in [6.07, 6.45) is 2.10. The Hall–Kier alpha value is -0.470. The van der Waals surface area contributed by atoms with E-state index in [4.69, 9.17) is 5.73 Å². The van der Waals surface area contributed by atoms with Gasteiger partial charge >= 0.3 is 0 Å². The summed E-state index contributed by atoms with van der Waals surface area (Å²) in [5, 5.41) is 0. The molecule has 0 aliphatic carbocycles. The van der Waals surface area contributed by atoms with E-state index in [1.165, 1.54) is 16.7 Å². The van der Waals surface area contributed by atoms with Crippen molar-refractivity contribution in [1.29, 1.82) is 0 Å². The van der Waals surface area contributed by atoms with E-state index in [1.54, 1.807) is 11.8 Å². The third kappa shape index (κ3) is 3.26. The van der Waals surface area contributed by atoms with Gasteiger partial charge < -0.3 is 5.73 Å². The molecule has 90 valence electrons. The molecule has 0 fully saturated rings. The predicted molar refractivity (Wildman–Crippen MR) is 75.2 cm³/mol. The molecule has 0 saturated carbocycles. The SMILES string of the molecule is CSCC(N)c1cc(C(C)(C)C)ccc1C. The van der Waals surface area contributed by atoms with Crippen LogP contribution in [0.5, 0.6) is 0 Å². The van der Waals surface area contributed by atoms with Gasteiger partial charge in [0.05, 0.1) is 0 Å². The summed E-state index contributed by atoms with van der Waals surface area (Å²) in [5.41, 5.74) is 10.4. The highest BCUT2D eigenvalue weighted by atomic mass is 32.2. The van der Waals surface area contributed by atoms with Gasteiger partial charge in [0.2, 0.25) is 0 Å². The maximum Gasteiger partial charge on any atom is 0.0389 e. The van der Waals surface area contributed by atoms with Gasteiger partial charge in [-0.1, -0.05) is 39.0 Å². The number of hydrogen-bond donors (Lipinski definition) is 1. The first-order valence-corrected chi connectivity index (χ1v) is 7.11. The molecule has 0 amide bonds. The van der Waals surface area contributed by atoms with Gasteiger partial charge in [-0.2, -0.15) is 11.8 Å². The van der Waals surface area contributed by atoms with Crippen LogP contribution in [0.4, 0.5) is 0 Å². The number of nitrogens with two attached hydrogens (primary N) is 1. The highest BCUT2D eigenvalue weighted by molar-refractivity contribution is 7.98. The highest BCUT2D eigenvalue weighted by Gasteiger charge is 2.16. The van der Waals surface area contributed by atoms with Gasteiger partial charge in [-0.05, 0) is 35.3 Å². The van der Waals surface area contributed by atoms with Crippen LogP contribution in [0.2, 0.25) is 0 Å². The second-order valence-corrected chi connectivity index (χ2v) is 6.29. The Balaban J connectivity index is 3.09. The Morgan fingerprint density at radius 3 is 2.44 bits per heavy atom. The molecular weight excluding hydrogens is 214 g/mol. The molecule has 0 aromatic heterocycles. The molecule has 1 unspecified atom stereocenters. The van der Waals surface area contributed by atoms with Crippen LogP contribution in [-0.4, -0.2) is 12.0 Å². The Morgan fingerprint density at radius 1 is 1.31 bits per heavy atom. The number of thioether (sulfide) groups is 1. The van der Waals surface area contributed by atoms with E-state index in [0.717, 1.165) is 5.75 Å². The average molecular weight is 237 g/mol. The van der Waals surface area contributed by atoms with Crippen LogP contribution in [0.3, 0.4) is 0 Å². The van der Waals surface area contributed by atoms with Crippen LogP contribution in [0.15, 0.2) is 18.2 Å². The number of benzene rings is 1. The van der Waals surface area contributed by atoms with Crippen molar-refractivity contribution in [2.45, 2.75) is 39.2 Å². The fourth-order valence-corrected chi connectivity index (χ4v) is 2.31. The van der Waals surface area contributed by atoms with Gasteiger partial charge in [0.15, 0.2) is 0 Å². The van der Waals surface area contributed by atoms with Crippen molar-refractivity contribution in [3.63, 3.8) is 0 Å². The number of aryl methyl sites for hydroxylation is 1. The molecule has 0 heterocycles. The molecule has 16 heavy (non-hydrogen) atoms. The Kier molecular flexibility index (Phi) is 4.45. The van der Waals surface area contributed by atoms with E-state index >= 15 is 0 Å². The van der Waals surface area contributed by atoms with Crippen LogP contribution in [0.25, 0.3) is 0 Å². The van der Waals surface area contributed by atoms with E-state index in [-0.39, 0.29) is 11.5 Å². The first-order chi connectivity index (χ1) is 7.36. The number of hydrogen-bond acceptors (Lipinski definition) is 2. The molecule has 0 radical (unpaired) electrons. The van der Waals surface area contributed by atoms with Crippen molar-refractivity contribution in [1.82, 2.24) is 0 Å². The molecule has 1 rings (SSSR count). The lowest BCUT2D eigenvalue weighted by Gasteiger charge is -2.22. The summed E-state index contributed by atoms with van der Waals surface area (Å²) in [7, 11) is 0. The third-order valence-electron chi connectivity index (χ3n) is 2.89. The Labute approximate surface area is 104 Å². The zero-order valence-electron chi connectivity index (χ0n) is 11.0. The Bertz CT molecular complexity index is 352. The van der Waals surface area contributed by atoms with Crippen molar-refractivity contribution < 1.29 is 0 Å². The van der Waals surface area contributed by atoms with Gasteiger partial charge in [-0.15, -0.1) is 0 Å². The topological polar surface area (TPSA) is 26.0 Å². The molecule has 1 atom stereocenters. The first-order valence-electron chi connectivity index (χ1n) is 5.72. The Morgan fingerprint density at radius 2 is 1.94 bits per heavy atom. The van der Waals surface area contributed by atoms with E-state index in [2.05, 4.69) is 52.1 Å². The van der Waals surface area contributed by atoms with Crippen LogP contribution >= 0.6 is 11.8 Å².